The normalized spacial score (nSPS) is 10.6. The first kappa shape index (κ1) is 19.6. The molecule has 12 nitrogen and oxygen atoms in total. The molecule has 1 aromatic carbocycles. The number of nitrogens with zero attached hydrogens (tertiary/aromatic N) is 7. The van der Waals surface area contributed by atoms with E-state index in [0.717, 1.165) is 5.56 Å². The third-order valence-electron chi connectivity index (χ3n) is 4.17. The van der Waals surface area contributed by atoms with Gasteiger partial charge in [-0.25, -0.2) is 9.59 Å². The molecular formula is C19H14N8O4. The summed E-state index contributed by atoms with van der Waals surface area (Å²) in [7, 11) is 0. The van der Waals surface area contributed by atoms with E-state index in [1.54, 1.807) is 24.5 Å². The first-order chi connectivity index (χ1) is 15.0. The van der Waals surface area contributed by atoms with Gasteiger partial charge in [0, 0.05) is 25.0 Å². The van der Waals surface area contributed by atoms with Crippen LogP contribution in [0.4, 0.5) is 4.79 Å². The minimum atomic E-state index is -1.05. The lowest BCUT2D eigenvalue weighted by atomic mass is 10.2. The number of aromatic nitrogens is 7. The quantitative estimate of drug-likeness (QED) is 0.477. The van der Waals surface area contributed by atoms with E-state index in [9.17, 15) is 14.4 Å². The highest BCUT2D eigenvalue weighted by Crippen LogP contribution is 2.12. The highest BCUT2D eigenvalue weighted by atomic mass is 16.4. The van der Waals surface area contributed by atoms with Crippen LogP contribution in [0.15, 0.2) is 65.7 Å². The molecule has 3 aromatic heterocycles. The number of hydrogen-bond donors (Lipinski definition) is 2. The van der Waals surface area contributed by atoms with Crippen LogP contribution in [0, 0.1) is 0 Å². The first-order valence-corrected chi connectivity index (χ1v) is 8.93. The number of hydrogen-bond acceptors (Lipinski definition) is 8. The zero-order valence-electron chi connectivity index (χ0n) is 15.8. The van der Waals surface area contributed by atoms with E-state index >= 15 is 0 Å². The molecule has 154 valence electrons. The number of carboxylic acid groups (broad SMARTS) is 1. The molecule has 3 heterocycles. The number of amides is 1. The highest BCUT2D eigenvalue weighted by Gasteiger charge is 2.14. The zero-order chi connectivity index (χ0) is 21.8. The number of rotatable bonds is 5. The maximum atomic E-state index is 12.4. The third-order valence-corrected chi connectivity index (χ3v) is 4.17. The van der Waals surface area contributed by atoms with E-state index in [1.807, 2.05) is 0 Å². The largest absolute Gasteiger partial charge is 0.478 e. The van der Waals surface area contributed by atoms with Gasteiger partial charge in [0.2, 0.25) is 5.82 Å². The topological polar surface area (TPSA) is 158 Å². The lowest BCUT2D eigenvalue weighted by Gasteiger charge is -2.06. The summed E-state index contributed by atoms with van der Waals surface area (Å²) in [6, 6.07) is 11.2. The fourth-order valence-corrected chi connectivity index (χ4v) is 2.59. The third kappa shape index (κ3) is 4.32. The molecule has 0 saturated heterocycles. The van der Waals surface area contributed by atoms with Gasteiger partial charge >= 0.3 is 12.0 Å². The highest BCUT2D eigenvalue weighted by molar-refractivity contribution is 5.87. The summed E-state index contributed by atoms with van der Waals surface area (Å²) in [5.74, 6) is -0.967. The van der Waals surface area contributed by atoms with Gasteiger partial charge in [-0.05, 0) is 53.2 Å². The Morgan fingerprint density at radius 3 is 2.42 bits per heavy atom. The van der Waals surface area contributed by atoms with Crippen LogP contribution in [0.3, 0.4) is 0 Å². The molecule has 0 radical (unpaired) electrons. The molecule has 12 heteroatoms. The van der Waals surface area contributed by atoms with Crippen LogP contribution in [-0.2, 0) is 6.54 Å². The summed E-state index contributed by atoms with van der Waals surface area (Å²) < 4.78 is 0.679. The Hall–Kier alpha value is -4.74. The predicted molar refractivity (Wildman–Crippen MR) is 105 cm³/mol. The molecule has 0 atom stereocenters. The molecule has 4 rings (SSSR count). The van der Waals surface area contributed by atoms with Crippen molar-refractivity contribution >= 4 is 12.0 Å². The van der Waals surface area contributed by atoms with Gasteiger partial charge in [0.15, 0.2) is 0 Å². The van der Waals surface area contributed by atoms with Gasteiger partial charge in [-0.3, -0.25) is 9.78 Å². The first-order valence-electron chi connectivity index (χ1n) is 8.93. The van der Waals surface area contributed by atoms with Crippen molar-refractivity contribution in [3.05, 3.63) is 82.4 Å². The molecule has 1 amide bonds. The Kier molecular flexibility index (Phi) is 5.26. The molecule has 0 fully saturated rings. The van der Waals surface area contributed by atoms with Crippen LogP contribution in [0.1, 0.15) is 15.9 Å². The van der Waals surface area contributed by atoms with Crippen LogP contribution >= 0.6 is 0 Å². The van der Waals surface area contributed by atoms with E-state index in [-0.39, 0.29) is 23.6 Å². The van der Waals surface area contributed by atoms with Gasteiger partial charge in [-0.15, -0.1) is 19.7 Å². The van der Waals surface area contributed by atoms with E-state index in [0.29, 0.717) is 10.4 Å². The second-order valence-electron chi connectivity index (χ2n) is 6.24. The Labute approximate surface area is 173 Å². The molecule has 0 bridgehead atoms. The van der Waals surface area contributed by atoms with E-state index in [2.05, 4.69) is 30.8 Å². The summed E-state index contributed by atoms with van der Waals surface area (Å²) in [5.41, 5.74) is 0.952. The molecule has 0 aliphatic carbocycles. The average Bonchev–Trinajstić information content (AvgIpc) is 3.29. The van der Waals surface area contributed by atoms with Crippen molar-refractivity contribution in [2.45, 2.75) is 6.54 Å². The van der Waals surface area contributed by atoms with Gasteiger partial charge in [-0.2, -0.15) is 5.10 Å². The predicted octanol–water partition coefficient (Wildman–Crippen LogP) is 0.737. The van der Waals surface area contributed by atoms with Crippen molar-refractivity contribution in [3.63, 3.8) is 0 Å². The van der Waals surface area contributed by atoms with Crippen molar-refractivity contribution in [2.24, 2.45) is 0 Å². The van der Waals surface area contributed by atoms with Crippen molar-refractivity contribution < 1.29 is 14.7 Å². The van der Waals surface area contributed by atoms with Gasteiger partial charge in [0.1, 0.15) is 5.69 Å². The minimum Gasteiger partial charge on any atom is -0.478 e. The van der Waals surface area contributed by atoms with Gasteiger partial charge < -0.3 is 10.4 Å². The standard InChI is InChI=1S/C19H14N8O4/c28-16-6-5-15(23-26(16)19(31)21-11-12-7-9-20-10-8-12)17-22-25-27(24-17)14-3-1-13(2-4-14)18(29)30/h1-10H,11H2,(H,21,31)(H,29,30). The Morgan fingerprint density at radius 1 is 0.968 bits per heavy atom. The van der Waals surface area contributed by atoms with Crippen molar-refractivity contribution in [3.8, 4) is 17.2 Å². The van der Waals surface area contributed by atoms with Crippen LogP contribution in [0.2, 0.25) is 0 Å². The SMILES string of the molecule is O=C(O)c1ccc(-n2nnc(-c3ccc(=O)n(C(=O)NCc4ccncc4)n3)n2)cc1. The lowest BCUT2D eigenvalue weighted by Crippen LogP contribution is -2.37. The Morgan fingerprint density at radius 2 is 1.71 bits per heavy atom. The number of pyridine rings is 1. The molecule has 0 aliphatic heterocycles. The number of carbonyl (C=O) groups is 2. The minimum absolute atomic E-state index is 0.0815. The van der Waals surface area contributed by atoms with Crippen molar-refractivity contribution in [2.75, 3.05) is 0 Å². The van der Waals surface area contributed by atoms with E-state index < -0.39 is 17.6 Å². The maximum Gasteiger partial charge on any atom is 0.345 e. The molecular weight excluding hydrogens is 404 g/mol. The number of carboxylic acids is 1. The summed E-state index contributed by atoms with van der Waals surface area (Å²) in [6.07, 6.45) is 3.19. The van der Waals surface area contributed by atoms with Gasteiger partial charge in [-0.1, -0.05) is 0 Å². The summed E-state index contributed by atoms with van der Waals surface area (Å²) in [6.45, 7) is 0.195. The number of carbonyl (C=O) groups excluding carboxylic acids is 1. The van der Waals surface area contributed by atoms with Crippen molar-refractivity contribution in [1.29, 1.82) is 0 Å². The molecule has 0 aliphatic rings. The number of nitrogens with one attached hydrogen (secondary N) is 1. The van der Waals surface area contributed by atoms with Crippen LogP contribution < -0.4 is 10.9 Å². The molecule has 2 N–H and O–H groups in total. The monoisotopic (exact) mass is 418 g/mol. The summed E-state index contributed by atoms with van der Waals surface area (Å²) in [4.78, 5) is 40.5. The van der Waals surface area contributed by atoms with Crippen LogP contribution in [-0.4, -0.2) is 52.1 Å². The fourth-order valence-electron chi connectivity index (χ4n) is 2.59. The second-order valence-corrected chi connectivity index (χ2v) is 6.24. The smallest absolute Gasteiger partial charge is 0.345 e. The fraction of sp³-hybridized carbons (Fsp3) is 0.0526. The molecule has 31 heavy (non-hydrogen) atoms. The molecule has 4 aromatic rings. The Balaban J connectivity index is 1.55. The number of tetrazole rings is 1. The number of aromatic carboxylic acids is 1. The lowest BCUT2D eigenvalue weighted by molar-refractivity contribution is 0.0697. The van der Waals surface area contributed by atoms with Crippen LogP contribution in [0.5, 0.6) is 0 Å². The zero-order valence-corrected chi connectivity index (χ0v) is 15.8. The van der Waals surface area contributed by atoms with Crippen molar-refractivity contribution in [1.82, 2.24) is 40.3 Å². The van der Waals surface area contributed by atoms with E-state index in [1.165, 1.54) is 41.2 Å². The Bertz CT molecular complexity index is 1300. The van der Waals surface area contributed by atoms with Gasteiger partial charge in [0.25, 0.3) is 5.56 Å². The number of benzene rings is 1. The van der Waals surface area contributed by atoms with Crippen LogP contribution in [0.25, 0.3) is 17.2 Å². The molecule has 0 unspecified atom stereocenters. The second kappa shape index (κ2) is 8.32. The molecule has 0 saturated carbocycles. The van der Waals surface area contributed by atoms with E-state index in [4.69, 9.17) is 5.11 Å². The average molecular weight is 418 g/mol. The summed E-state index contributed by atoms with van der Waals surface area (Å²) in [5, 5.41) is 27.6. The van der Waals surface area contributed by atoms with Gasteiger partial charge in [0.05, 0.1) is 11.3 Å². The maximum absolute atomic E-state index is 12.4. The summed E-state index contributed by atoms with van der Waals surface area (Å²) >= 11 is 0. The molecule has 0 spiro atoms.